The Morgan fingerprint density at radius 1 is 1.16 bits per heavy atom. The fraction of sp³-hybridized carbons (Fsp3) is 0.438. The van der Waals surface area contributed by atoms with E-state index in [1.165, 1.54) is 0 Å². The first-order chi connectivity index (χ1) is 8.73. The maximum Gasteiger partial charge on any atom is 0.320 e. The van der Waals surface area contributed by atoms with Gasteiger partial charge in [0, 0.05) is 0 Å². The molecule has 3 nitrogen and oxygen atoms in total. The summed E-state index contributed by atoms with van der Waals surface area (Å²) in [7, 11) is 1.61. The van der Waals surface area contributed by atoms with E-state index < -0.39 is 11.0 Å². The maximum atomic E-state index is 12.3. The first-order valence-corrected chi connectivity index (χ1v) is 6.24. The van der Waals surface area contributed by atoms with Gasteiger partial charge in [0.15, 0.2) is 0 Å². The Bertz CT molecular complexity index is 454. The second-order valence-electron chi connectivity index (χ2n) is 5.64. The van der Waals surface area contributed by atoms with E-state index in [1.807, 2.05) is 45.0 Å². The molecule has 1 aromatic carbocycles. The Hall–Kier alpha value is -1.77. The predicted octanol–water partition coefficient (Wildman–Crippen LogP) is 3.48. The number of esters is 1. The van der Waals surface area contributed by atoms with Gasteiger partial charge in [-0.15, -0.1) is 6.58 Å². The maximum absolute atomic E-state index is 12.3. The van der Waals surface area contributed by atoms with E-state index in [-0.39, 0.29) is 5.97 Å². The summed E-state index contributed by atoms with van der Waals surface area (Å²) in [4.78, 5) is 12.3. The van der Waals surface area contributed by atoms with Crippen LogP contribution >= 0.6 is 0 Å². The molecule has 104 valence electrons. The molecule has 3 heteroatoms. The molecule has 1 rings (SSSR count). The van der Waals surface area contributed by atoms with Crippen LogP contribution in [0.4, 0.5) is 0 Å². The highest BCUT2D eigenvalue weighted by molar-refractivity contribution is 5.85. The van der Waals surface area contributed by atoms with Crippen molar-refractivity contribution in [2.24, 2.45) is 0 Å². The zero-order valence-electron chi connectivity index (χ0n) is 12.3. The summed E-state index contributed by atoms with van der Waals surface area (Å²) in [5, 5.41) is 0. The van der Waals surface area contributed by atoms with Crippen molar-refractivity contribution < 1.29 is 14.3 Å². The van der Waals surface area contributed by atoms with Gasteiger partial charge in [-0.05, 0) is 45.4 Å². The molecule has 0 aliphatic carbocycles. The Balaban J connectivity index is 3.08. The van der Waals surface area contributed by atoms with Crippen LogP contribution in [0.2, 0.25) is 0 Å². The summed E-state index contributed by atoms with van der Waals surface area (Å²) >= 11 is 0. The molecule has 1 aromatic rings. The Morgan fingerprint density at radius 3 is 2.05 bits per heavy atom. The fourth-order valence-corrected chi connectivity index (χ4v) is 1.64. The molecule has 0 aliphatic heterocycles. The van der Waals surface area contributed by atoms with Crippen molar-refractivity contribution >= 4 is 5.97 Å². The van der Waals surface area contributed by atoms with Crippen LogP contribution in [0.5, 0.6) is 5.75 Å². The largest absolute Gasteiger partial charge is 0.497 e. The van der Waals surface area contributed by atoms with E-state index in [0.29, 0.717) is 0 Å². The van der Waals surface area contributed by atoms with Crippen molar-refractivity contribution in [2.45, 2.75) is 38.7 Å². The minimum absolute atomic E-state index is 0.305. The van der Waals surface area contributed by atoms with E-state index in [0.717, 1.165) is 11.3 Å². The molecule has 0 aromatic heterocycles. The summed E-state index contributed by atoms with van der Waals surface area (Å²) in [5.74, 6) is 0.444. The second kappa shape index (κ2) is 5.47. The van der Waals surface area contributed by atoms with Crippen LogP contribution in [-0.2, 0) is 14.9 Å². The average Bonchev–Trinajstić information content (AvgIpc) is 2.35. The third-order valence-electron chi connectivity index (χ3n) is 2.92. The lowest BCUT2D eigenvalue weighted by molar-refractivity contribution is -0.159. The zero-order valence-corrected chi connectivity index (χ0v) is 12.3. The number of benzene rings is 1. The summed E-state index contributed by atoms with van der Waals surface area (Å²) in [6.07, 6.45) is 1.61. The van der Waals surface area contributed by atoms with Crippen LogP contribution in [0, 0.1) is 0 Å². The van der Waals surface area contributed by atoms with Crippen LogP contribution < -0.4 is 4.74 Å². The highest BCUT2D eigenvalue weighted by atomic mass is 16.6. The molecule has 0 heterocycles. The minimum atomic E-state index is -0.862. The quantitative estimate of drug-likeness (QED) is 0.615. The third-order valence-corrected chi connectivity index (χ3v) is 2.92. The average molecular weight is 262 g/mol. The number of hydrogen-bond acceptors (Lipinski definition) is 3. The van der Waals surface area contributed by atoms with Crippen molar-refractivity contribution in [3.8, 4) is 5.75 Å². The number of methoxy groups -OCH3 is 1. The van der Waals surface area contributed by atoms with Crippen LogP contribution in [0.1, 0.15) is 33.3 Å². The highest BCUT2D eigenvalue weighted by Gasteiger charge is 2.36. The van der Waals surface area contributed by atoms with E-state index >= 15 is 0 Å². The lowest BCUT2D eigenvalue weighted by atomic mass is 9.82. The molecule has 0 saturated carbocycles. The first-order valence-electron chi connectivity index (χ1n) is 6.24. The van der Waals surface area contributed by atoms with Gasteiger partial charge in [0.05, 0.1) is 7.11 Å². The molecule has 0 radical (unpaired) electrons. The Labute approximate surface area is 115 Å². The molecule has 0 spiro atoms. The lowest BCUT2D eigenvalue weighted by Crippen LogP contribution is -2.37. The molecule has 0 saturated heterocycles. The SMILES string of the molecule is C=C[C@@](C)(C(=O)OC(C)(C)C)c1ccc(OC)cc1. The Kier molecular flexibility index (Phi) is 4.40. The topological polar surface area (TPSA) is 35.5 Å². The van der Waals surface area contributed by atoms with Crippen LogP contribution in [0.15, 0.2) is 36.9 Å². The van der Waals surface area contributed by atoms with Crippen molar-refractivity contribution in [2.75, 3.05) is 7.11 Å². The summed E-state index contributed by atoms with van der Waals surface area (Å²) < 4.78 is 10.6. The molecule has 0 bridgehead atoms. The van der Waals surface area contributed by atoms with Crippen molar-refractivity contribution in [3.63, 3.8) is 0 Å². The van der Waals surface area contributed by atoms with Gasteiger partial charge in [-0.2, -0.15) is 0 Å². The second-order valence-corrected chi connectivity index (χ2v) is 5.64. The van der Waals surface area contributed by atoms with Gasteiger partial charge in [0.25, 0.3) is 0 Å². The van der Waals surface area contributed by atoms with Crippen molar-refractivity contribution in [3.05, 3.63) is 42.5 Å². The molecule has 1 atom stereocenters. The summed E-state index contributed by atoms with van der Waals surface area (Å²) in [6, 6.07) is 7.35. The number of carbonyl (C=O) groups excluding carboxylic acids is 1. The lowest BCUT2D eigenvalue weighted by Gasteiger charge is -2.29. The highest BCUT2D eigenvalue weighted by Crippen LogP contribution is 2.30. The summed E-state index contributed by atoms with van der Waals surface area (Å²) in [6.45, 7) is 11.1. The first kappa shape index (κ1) is 15.3. The standard InChI is InChI=1S/C16H22O3/c1-7-16(5,14(17)19-15(2,3)4)12-8-10-13(18-6)11-9-12/h7-11H,1H2,2-6H3/t16-/m1/s1. The van der Waals surface area contributed by atoms with Gasteiger partial charge >= 0.3 is 5.97 Å². The molecular weight excluding hydrogens is 240 g/mol. The number of hydrogen-bond donors (Lipinski definition) is 0. The summed E-state index contributed by atoms with van der Waals surface area (Å²) in [5.41, 5.74) is -0.551. The van der Waals surface area contributed by atoms with E-state index in [1.54, 1.807) is 20.1 Å². The minimum Gasteiger partial charge on any atom is -0.497 e. The van der Waals surface area contributed by atoms with Gasteiger partial charge in [-0.25, -0.2) is 0 Å². The van der Waals surface area contributed by atoms with Crippen molar-refractivity contribution in [1.82, 2.24) is 0 Å². The molecule has 0 fully saturated rings. The predicted molar refractivity (Wildman–Crippen MR) is 76.4 cm³/mol. The number of rotatable bonds is 4. The van der Waals surface area contributed by atoms with Crippen molar-refractivity contribution in [1.29, 1.82) is 0 Å². The van der Waals surface area contributed by atoms with E-state index in [9.17, 15) is 4.79 Å². The molecular formula is C16H22O3. The van der Waals surface area contributed by atoms with Crippen LogP contribution in [-0.4, -0.2) is 18.7 Å². The molecule has 0 N–H and O–H groups in total. The van der Waals surface area contributed by atoms with Crippen LogP contribution in [0.3, 0.4) is 0 Å². The molecule has 0 unspecified atom stereocenters. The van der Waals surface area contributed by atoms with Crippen LogP contribution in [0.25, 0.3) is 0 Å². The van der Waals surface area contributed by atoms with E-state index in [2.05, 4.69) is 6.58 Å². The number of ether oxygens (including phenoxy) is 2. The van der Waals surface area contributed by atoms with Gasteiger partial charge in [-0.1, -0.05) is 18.2 Å². The zero-order chi connectivity index (χ0) is 14.7. The van der Waals surface area contributed by atoms with Gasteiger partial charge in [0.2, 0.25) is 0 Å². The molecule has 19 heavy (non-hydrogen) atoms. The normalized spacial score (nSPS) is 14.4. The van der Waals surface area contributed by atoms with E-state index in [4.69, 9.17) is 9.47 Å². The monoisotopic (exact) mass is 262 g/mol. The molecule has 0 aliphatic rings. The third kappa shape index (κ3) is 3.60. The van der Waals surface area contributed by atoms with Gasteiger partial charge in [-0.3, -0.25) is 4.79 Å². The smallest absolute Gasteiger partial charge is 0.320 e. The molecule has 0 amide bonds. The number of carbonyl (C=O) groups is 1. The fourth-order valence-electron chi connectivity index (χ4n) is 1.64. The Morgan fingerprint density at radius 2 is 1.68 bits per heavy atom. The van der Waals surface area contributed by atoms with Gasteiger partial charge < -0.3 is 9.47 Å². The van der Waals surface area contributed by atoms with Gasteiger partial charge in [0.1, 0.15) is 16.8 Å².